The van der Waals surface area contributed by atoms with Crippen molar-refractivity contribution >= 4 is 22.8 Å². The zero-order valence-electron chi connectivity index (χ0n) is 21.0. The van der Waals surface area contributed by atoms with Gasteiger partial charge in [0.05, 0.1) is 28.7 Å². The first-order valence-electron chi connectivity index (χ1n) is 12.8. The number of benzene rings is 5. The topological polar surface area (TPSA) is 24.7 Å². The summed E-state index contributed by atoms with van der Waals surface area (Å²) in [5.41, 5.74) is 6.51. The van der Waals surface area contributed by atoms with Crippen LogP contribution in [0.5, 0.6) is 0 Å². The number of nitrogens with zero attached hydrogens (tertiary/aromatic N) is 2. The third kappa shape index (κ3) is 5.10. The highest BCUT2D eigenvalue weighted by atomic mass is 19.1. The molecule has 0 radical (unpaired) electrons. The van der Waals surface area contributed by atoms with E-state index in [-0.39, 0.29) is 11.6 Å². The summed E-state index contributed by atoms with van der Waals surface area (Å²) < 4.78 is 29.2. The smallest absolute Gasteiger partial charge is 0.123 e. The maximum atomic E-state index is 14.6. The van der Waals surface area contributed by atoms with Crippen molar-refractivity contribution in [2.75, 3.05) is 0 Å². The first kappa shape index (κ1) is 24.4. The third-order valence-electron chi connectivity index (χ3n) is 6.70. The second-order valence-corrected chi connectivity index (χ2v) is 9.29. The molecule has 1 unspecified atom stereocenters. The fraction of sp³-hybridized carbons (Fsp3) is 0.0286. The molecule has 1 aliphatic heterocycles. The molecule has 0 N–H and O–H groups in total. The second-order valence-electron chi connectivity index (χ2n) is 9.29. The first-order chi connectivity index (χ1) is 19.2. The van der Waals surface area contributed by atoms with E-state index in [2.05, 4.69) is 0 Å². The average Bonchev–Trinajstić information content (AvgIpc) is 3.16. The van der Waals surface area contributed by atoms with Crippen molar-refractivity contribution in [2.45, 2.75) is 5.92 Å². The predicted molar refractivity (Wildman–Crippen MR) is 155 cm³/mol. The van der Waals surface area contributed by atoms with E-state index in [0.717, 1.165) is 22.4 Å². The molecule has 0 amide bonds. The van der Waals surface area contributed by atoms with Crippen molar-refractivity contribution in [1.82, 2.24) is 0 Å². The summed E-state index contributed by atoms with van der Waals surface area (Å²) in [4.78, 5) is 10.6. The van der Waals surface area contributed by atoms with Crippen molar-refractivity contribution < 1.29 is 8.78 Å². The van der Waals surface area contributed by atoms with Crippen molar-refractivity contribution in [3.63, 3.8) is 0 Å². The van der Waals surface area contributed by atoms with Crippen LogP contribution in [0.3, 0.4) is 0 Å². The lowest BCUT2D eigenvalue weighted by molar-refractivity contribution is 0.627. The van der Waals surface area contributed by atoms with Crippen LogP contribution in [0.4, 0.5) is 8.78 Å². The van der Waals surface area contributed by atoms with Gasteiger partial charge in [-0.2, -0.15) is 0 Å². The molecule has 0 aliphatic carbocycles. The van der Waals surface area contributed by atoms with Gasteiger partial charge < -0.3 is 0 Å². The largest absolute Gasteiger partial charge is 0.249 e. The molecular weight excluding hydrogens is 486 g/mol. The van der Waals surface area contributed by atoms with Crippen LogP contribution in [0.2, 0.25) is 0 Å². The Morgan fingerprint density at radius 2 is 0.846 bits per heavy atom. The molecule has 6 rings (SSSR count). The van der Waals surface area contributed by atoms with Gasteiger partial charge in [0.15, 0.2) is 0 Å². The number of rotatable bonds is 5. The van der Waals surface area contributed by atoms with Gasteiger partial charge in [-0.3, -0.25) is 0 Å². The first-order valence-corrected chi connectivity index (χ1v) is 12.8. The quantitative estimate of drug-likeness (QED) is 0.226. The molecule has 1 aliphatic rings. The third-order valence-corrected chi connectivity index (χ3v) is 6.70. The van der Waals surface area contributed by atoms with Crippen LogP contribution < -0.4 is 0 Å². The Balaban J connectivity index is 1.75. The lowest BCUT2D eigenvalue weighted by Gasteiger charge is -2.22. The Morgan fingerprint density at radius 3 is 1.44 bits per heavy atom. The molecule has 0 saturated heterocycles. The summed E-state index contributed by atoms with van der Waals surface area (Å²) in [6.07, 6.45) is 0. The van der Waals surface area contributed by atoms with Crippen LogP contribution in [0.1, 0.15) is 33.7 Å². The van der Waals surface area contributed by atoms with Crippen molar-refractivity contribution in [3.8, 4) is 0 Å². The monoisotopic (exact) mass is 510 g/mol. The second kappa shape index (κ2) is 10.8. The molecule has 0 bridgehead atoms. The van der Waals surface area contributed by atoms with Gasteiger partial charge in [-0.25, -0.2) is 18.8 Å². The normalized spacial score (nSPS) is 15.4. The van der Waals surface area contributed by atoms with Crippen LogP contribution in [-0.4, -0.2) is 11.4 Å². The van der Waals surface area contributed by atoms with E-state index in [1.807, 2.05) is 103 Å². The van der Waals surface area contributed by atoms with Crippen molar-refractivity contribution in [2.24, 2.45) is 9.98 Å². The minimum atomic E-state index is -0.417. The zero-order chi connectivity index (χ0) is 26.6. The Kier molecular flexibility index (Phi) is 6.75. The van der Waals surface area contributed by atoms with Crippen LogP contribution in [0.25, 0.3) is 11.4 Å². The minimum absolute atomic E-state index is 0.357. The van der Waals surface area contributed by atoms with Crippen molar-refractivity contribution in [1.29, 1.82) is 0 Å². The van der Waals surface area contributed by atoms with Crippen molar-refractivity contribution in [3.05, 3.63) is 179 Å². The highest BCUT2D eigenvalue weighted by Gasteiger charge is 2.31. The van der Waals surface area contributed by atoms with Crippen LogP contribution in [0, 0.1) is 11.6 Å². The van der Waals surface area contributed by atoms with Gasteiger partial charge in [-0.1, -0.05) is 115 Å². The Labute approximate surface area is 226 Å². The van der Waals surface area contributed by atoms with E-state index in [9.17, 15) is 8.78 Å². The number of hydrogen-bond donors (Lipinski definition) is 0. The molecular formula is C35H24F2N2. The minimum Gasteiger partial charge on any atom is -0.249 e. The van der Waals surface area contributed by atoms with E-state index in [4.69, 9.17) is 9.98 Å². The zero-order valence-corrected chi connectivity index (χ0v) is 21.0. The van der Waals surface area contributed by atoms with E-state index in [1.54, 1.807) is 12.1 Å². The van der Waals surface area contributed by atoms with Gasteiger partial charge in [0, 0.05) is 11.1 Å². The van der Waals surface area contributed by atoms with Crippen LogP contribution in [-0.2, 0) is 0 Å². The maximum absolute atomic E-state index is 14.6. The van der Waals surface area contributed by atoms with E-state index in [1.165, 1.54) is 24.3 Å². The van der Waals surface area contributed by atoms with Gasteiger partial charge in [0.1, 0.15) is 11.6 Å². The molecule has 1 atom stereocenters. The summed E-state index contributed by atoms with van der Waals surface area (Å²) in [6, 6.07) is 42.5. The molecule has 0 aromatic heterocycles. The molecule has 5 aromatic carbocycles. The van der Waals surface area contributed by atoms with Gasteiger partial charge in [-0.05, 0) is 41.0 Å². The predicted octanol–water partition coefficient (Wildman–Crippen LogP) is 8.57. The molecule has 5 aromatic rings. The van der Waals surface area contributed by atoms with E-state index < -0.39 is 5.92 Å². The standard InChI is InChI=1S/C35H24F2N2/c36-29-20-10-18-27(22-29)33-31(24-12-4-1-5-13-24)32(25-14-6-2-7-15-25)38-34(26-16-8-3-9-17-26)35(39-33)28-19-11-21-30(37)23-28/h1-23,31H. The molecule has 188 valence electrons. The molecule has 0 saturated carbocycles. The molecule has 39 heavy (non-hydrogen) atoms. The molecule has 4 heteroatoms. The number of hydrogen-bond acceptors (Lipinski definition) is 2. The fourth-order valence-electron chi connectivity index (χ4n) is 4.92. The Bertz CT molecular complexity index is 1710. The lowest BCUT2D eigenvalue weighted by atomic mass is 9.83. The van der Waals surface area contributed by atoms with Crippen LogP contribution in [0.15, 0.2) is 150 Å². The molecule has 0 fully saturated rings. The highest BCUT2D eigenvalue weighted by molar-refractivity contribution is 6.27. The molecule has 0 spiro atoms. The van der Waals surface area contributed by atoms with E-state index >= 15 is 0 Å². The van der Waals surface area contributed by atoms with Gasteiger partial charge in [0.25, 0.3) is 0 Å². The fourth-order valence-corrected chi connectivity index (χ4v) is 4.92. The van der Waals surface area contributed by atoms with Gasteiger partial charge in [0.2, 0.25) is 0 Å². The van der Waals surface area contributed by atoms with Gasteiger partial charge in [-0.15, -0.1) is 0 Å². The summed E-state index contributed by atoms with van der Waals surface area (Å²) in [6.45, 7) is 0. The Morgan fingerprint density at radius 1 is 0.410 bits per heavy atom. The Hall–Kier alpha value is -4.96. The maximum Gasteiger partial charge on any atom is 0.123 e. The summed E-state index contributed by atoms with van der Waals surface area (Å²) >= 11 is 0. The SMILES string of the molecule is Fc1cccc(C2=NC(c3cccc(F)c3)=C(c3ccccc3)N=C(c3ccccc3)C2c2ccccc2)c1. The molecule has 2 nitrogen and oxygen atoms in total. The van der Waals surface area contributed by atoms with Crippen LogP contribution >= 0.6 is 0 Å². The van der Waals surface area contributed by atoms with E-state index in [0.29, 0.717) is 28.2 Å². The lowest BCUT2D eigenvalue weighted by Crippen LogP contribution is -2.24. The molecule has 1 heterocycles. The highest BCUT2D eigenvalue weighted by Crippen LogP contribution is 2.38. The number of halogens is 2. The number of aliphatic imine (C=N–C) groups is 2. The summed E-state index contributed by atoms with van der Waals surface area (Å²) in [7, 11) is 0. The average molecular weight is 511 g/mol. The summed E-state index contributed by atoms with van der Waals surface area (Å²) in [5, 5.41) is 0. The van der Waals surface area contributed by atoms with Gasteiger partial charge >= 0.3 is 0 Å². The summed E-state index contributed by atoms with van der Waals surface area (Å²) in [5.74, 6) is -1.14.